The van der Waals surface area contributed by atoms with E-state index in [0.717, 1.165) is 6.07 Å². The van der Waals surface area contributed by atoms with Crippen molar-refractivity contribution in [2.45, 2.75) is 37.3 Å². The van der Waals surface area contributed by atoms with E-state index >= 15 is 0 Å². The Balaban J connectivity index is 2.31. The number of hydrogen-bond donors (Lipinski definition) is 3. The summed E-state index contributed by atoms with van der Waals surface area (Å²) in [6.45, 7) is 3.40. The molecule has 0 bridgehead atoms. The van der Waals surface area contributed by atoms with Crippen molar-refractivity contribution in [1.82, 2.24) is 4.72 Å². The molecular weight excluding hydrogens is 290 g/mol. The van der Waals surface area contributed by atoms with Crippen molar-refractivity contribution in [2.75, 3.05) is 5.73 Å². The van der Waals surface area contributed by atoms with Crippen molar-refractivity contribution in [3.8, 4) is 0 Å². The maximum atomic E-state index is 13.6. The first-order valence-electron chi connectivity index (χ1n) is 6.00. The fourth-order valence-electron chi connectivity index (χ4n) is 2.10. The molecule has 0 aromatic heterocycles. The van der Waals surface area contributed by atoms with Crippen molar-refractivity contribution >= 4 is 15.7 Å². The number of benzene rings is 1. The molecule has 5 nitrogen and oxygen atoms in total. The van der Waals surface area contributed by atoms with Gasteiger partial charge in [-0.1, -0.05) is 13.8 Å². The van der Waals surface area contributed by atoms with Gasteiger partial charge in [0, 0.05) is 17.5 Å². The molecule has 1 aliphatic carbocycles. The fourth-order valence-corrected chi connectivity index (χ4v) is 3.60. The first-order valence-corrected chi connectivity index (χ1v) is 7.49. The van der Waals surface area contributed by atoms with Crippen LogP contribution >= 0.6 is 0 Å². The molecule has 20 heavy (non-hydrogen) atoms. The van der Waals surface area contributed by atoms with Crippen LogP contribution in [0.2, 0.25) is 0 Å². The largest absolute Gasteiger partial charge is 0.396 e. The van der Waals surface area contributed by atoms with Gasteiger partial charge in [0.05, 0.1) is 11.8 Å². The zero-order valence-electron chi connectivity index (χ0n) is 11.0. The van der Waals surface area contributed by atoms with Gasteiger partial charge in [-0.2, -0.15) is 0 Å². The average Bonchev–Trinajstić information content (AvgIpc) is 2.33. The number of halogens is 2. The number of sulfonamides is 1. The minimum atomic E-state index is -4.17. The highest BCUT2D eigenvalue weighted by atomic mass is 32.2. The van der Waals surface area contributed by atoms with Gasteiger partial charge < -0.3 is 10.8 Å². The van der Waals surface area contributed by atoms with E-state index in [2.05, 4.69) is 4.72 Å². The molecule has 1 aromatic rings. The Morgan fingerprint density at radius 3 is 2.45 bits per heavy atom. The summed E-state index contributed by atoms with van der Waals surface area (Å²) in [7, 11) is -4.17. The molecule has 2 rings (SSSR count). The number of anilines is 1. The predicted octanol–water partition coefficient (Wildman–Crippen LogP) is 0.985. The highest BCUT2D eigenvalue weighted by Gasteiger charge is 2.49. The Bertz CT molecular complexity index is 646. The molecule has 2 unspecified atom stereocenters. The second kappa shape index (κ2) is 4.64. The third-order valence-electron chi connectivity index (χ3n) is 3.85. The fraction of sp³-hybridized carbons (Fsp3) is 0.500. The zero-order valence-corrected chi connectivity index (χ0v) is 11.8. The summed E-state index contributed by atoms with van der Waals surface area (Å²) in [6.07, 6.45) is -0.386. The van der Waals surface area contributed by atoms with Crippen LogP contribution in [0.5, 0.6) is 0 Å². The van der Waals surface area contributed by atoms with Crippen LogP contribution in [0.3, 0.4) is 0 Å². The van der Waals surface area contributed by atoms with Crippen molar-refractivity contribution in [2.24, 2.45) is 5.41 Å². The molecule has 0 amide bonds. The van der Waals surface area contributed by atoms with Crippen LogP contribution in [-0.2, 0) is 10.0 Å². The highest BCUT2D eigenvalue weighted by molar-refractivity contribution is 7.89. The van der Waals surface area contributed by atoms with E-state index in [9.17, 15) is 22.3 Å². The average molecular weight is 306 g/mol. The minimum absolute atomic E-state index is 0.241. The first kappa shape index (κ1) is 15.1. The maximum Gasteiger partial charge on any atom is 0.243 e. The Labute approximate surface area is 115 Å². The molecule has 0 radical (unpaired) electrons. The van der Waals surface area contributed by atoms with Gasteiger partial charge in [0.2, 0.25) is 10.0 Å². The molecule has 2 atom stereocenters. The summed E-state index contributed by atoms with van der Waals surface area (Å²) >= 11 is 0. The molecule has 0 spiro atoms. The normalized spacial score (nSPS) is 25.2. The SMILES string of the molecule is CC1(C)C(O)CC1NS(=O)(=O)c1cc(N)c(F)cc1F. The maximum absolute atomic E-state index is 13.6. The number of aliphatic hydroxyl groups excluding tert-OH is 1. The van der Waals surface area contributed by atoms with Crippen molar-refractivity contribution in [3.63, 3.8) is 0 Å². The van der Waals surface area contributed by atoms with Gasteiger partial charge in [-0.05, 0) is 12.5 Å². The van der Waals surface area contributed by atoms with E-state index in [1.807, 2.05) is 0 Å². The number of aliphatic hydroxyl groups is 1. The lowest BCUT2D eigenvalue weighted by atomic mass is 9.65. The highest BCUT2D eigenvalue weighted by Crippen LogP contribution is 2.41. The van der Waals surface area contributed by atoms with Gasteiger partial charge in [0.25, 0.3) is 0 Å². The monoisotopic (exact) mass is 306 g/mol. The van der Waals surface area contributed by atoms with Crippen molar-refractivity contribution in [3.05, 3.63) is 23.8 Å². The Morgan fingerprint density at radius 1 is 1.35 bits per heavy atom. The minimum Gasteiger partial charge on any atom is -0.396 e. The van der Waals surface area contributed by atoms with Crippen LogP contribution in [0, 0.1) is 17.0 Å². The summed E-state index contributed by atoms with van der Waals surface area (Å²) in [4.78, 5) is -0.700. The van der Waals surface area contributed by atoms with Crippen LogP contribution in [0.25, 0.3) is 0 Å². The van der Waals surface area contributed by atoms with Gasteiger partial charge in [0.1, 0.15) is 16.5 Å². The molecule has 0 aliphatic heterocycles. The molecule has 0 saturated heterocycles. The van der Waals surface area contributed by atoms with E-state index in [1.165, 1.54) is 0 Å². The van der Waals surface area contributed by atoms with Gasteiger partial charge in [0.15, 0.2) is 0 Å². The van der Waals surface area contributed by atoms with Crippen LogP contribution in [0.1, 0.15) is 20.3 Å². The predicted molar refractivity (Wildman–Crippen MR) is 69.3 cm³/mol. The summed E-state index contributed by atoms with van der Waals surface area (Å²) in [5.41, 5.74) is 4.18. The Morgan fingerprint density at radius 2 is 1.95 bits per heavy atom. The zero-order chi connectivity index (χ0) is 15.3. The lowest BCUT2D eigenvalue weighted by Crippen LogP contribution is -2.61. The number of rotatable bonds is 3. The van der Waals surface area contributed by atoms with Gasteiger partial charge >= 0.3 is 0 Å². The molecule has 8 heteroatoms. The summed E-state index contributed by atoms with van der Waals surface area (Å²) in [5, 5.41) is 9.57. The molecule has 1 aliphatic rings. The Hall–Kier alpha value is -1.25. The van der Waals surface area contributed by atoms with Crippen LogP contribution in [0.15, 0.2) is 17.0 Å². The number of nitrogens with one attached hydrogen (secondary N) is 1. The number of nitrogen functional groups attached to an aromatic ring is 1. The lowest BCUT2D eigenvalue weighted by Gasteiger charge is -2.49. The molecule has 0 heterocycles. The van der Waals surface area contributed by atoms with Crippen LogP contribution < -0.4 is 10.5 Å². The van der Waals surface area contributed by atoms with E-state index in [-0.39, 0.29) is 6.42 Å². The second-order valence-electron chi connectivity index (χ2n) is 5.55. The molecule has 4 N–H and O–H groups in total. The smallest absolute Gasteiger partial charge is 0.243 e. The second-order valence-corrected chi connectivity index (χ2v) is 7.23. The summed E-state index contributed by atoms with van der Waals surface area (Å²) in [5.74, 6) is -2.22. The summed E-state index contributed by atoms with van der Waals surface area (Å²) in [6, 6.07) is 0.660. The molecular formula is C12H16F2N2O3S. The van der Waals surface area contributed by atoms with E-state index in [0.29, 0.717) is 6.07 Å². The van der Waals surface area contributed by atoms with E-state index in [4.69, 9.17) is 5.73 Å². The van der Waals surface area contributed by atoms with E-state index < -0.39 is 49.8 Å². The third-order valence-corrected chi connectivity index (χ3v) is 5.34. The molecule has 1 aromatic carbocycles. The first-order chi connectivity index (χ1) is 9.05. The van der Waals surface area contributed by atoms with Gasteiger partial charge in [-0.15, -0.1) is 0 Å². The topological polar surface area (TPSA) is 92.4 Å². The number of nitrogens with two attached hydrogens (primary N) is 1. The van der Waals surface area contributed by atoms with Crippen molar-refractivity contribution in [1.29, 1.82) is 0 Å². The molecule has 1 saturated carbocycles. The van der Waals surface area contributed by atoms with Gasteiger partial charge in [-0.3, -0.25) is 0 Å². The molecule has 1 fully saturated rings. The number of hydrogen-bond acceptors (Lipinski definition) is 4. The standard InChI is InChI=1S/C12H16F2N2O3S/c1-12(2)10(5-11(12)17)16-20(18,19)9-4-8(15)6(13)3-7(9)14/h3-4,10-11,16-17H,5,15H2,1-2H3. The van der Waals surface area contributed by atoms with Crippen LogP contribution in [0.4, 0.5) is 14.5 Å². The van der Waals surface area contributed by atoms with Crippen molar-refractivity contribution < 1.29 is 22.3 Å². The molecule has 112 valence electrons. The quantitative estimate of drug-likeness (QED) is 0.726. The Kier molecular flexibility index (Phi) is 3.52. The van der Waals surface area contributed by atoms with E-state index in [1.54, 1.807) is 13.8 Å². The van der Waals surface area contributed by atoms with Crippen LogP contribution in [-0.4, -0.2) is 25.7 Å². The third kappa shape index (κ3) is 2.38. The summed E-state index contributed by atoms with van der Waals surface area (Å²) < 4.78 is 53.2. The lowest BCUT2D eigenvalue weighted by molar-refractivity contribution is -0.0645. The van der Waals surface area contributed by atoms with Gasteiger partial charge in [-0.25, -0.2) is 21.9 Å².